The number of fused-ring (bicyclic) bond motifs is 1. The Kier molecular flexibility index (Phi) is 3.33. The van der Waals surface area contributed by atoms with Gasteiger partial charge in [0.05, 0.1) is 6.20 Å². The minimum atomic E-state index is 0.455. The Hall–Kier alpha value is -2.43. The summed E-state index contributed by atoms with van der Waals surface area (Å²) in [6.45, 7) is 6.41. The van der Waals surface area contributed by atoms with Crippen molar-refractivity contribution in [3.8, 4) is 11.6 Å². The van der Waals surface area contributed by atoms with Crippen LogP contribution >= 0.6 is 0 Å². The molecule has 0 fully saturated rings. The predicted octanol–water partition coefficient (Wildman–Crippen LogP) is 3.59. The number of hydrogen-bond donors (Lipinski definition) is 0. The normalized spacial score (nSPS) is 11.3. The van der Waals surface area contributed by atoms with E-state index in [1.54, 1.807) is 10.9 Å². The van der Waals surface area contributed by atoms with Crippen molar-refractivity contribution in [2.24, 2.45) is 7.05 Å². The topological polar surface area (TPSA) is 52.8 Å². The second-order valence-corrected chi connectivity index (χ2v) is 5.52. The van der Waals surface area contributed by atoms with Gasteiger partial charge in [0.15, 0.2) is 5.65 Å². The fourth-order valence-corrected chi connectivity index (χ4v) is 2.30. The van der Waals surface area contributed by atoms with Crippen molar-refractivity contribution >= 4 is 11.0 Å². The maximum Gasteiger partial charge on any atom is 0.233 e. The first-order valence-electron chi connectivity index (χ1n) is 6.96. The second kappa shape index (κ2) is 5.16. The Bertz CT molecular complexity index is 792. The van der Waals surface area contributed by atoms with E-state index in [0.717, 1.165) is 16.8 Å². The molecule has 0 aliphatic rings. The van der Waals surface area contributed by atoms with Crippen LogP contribution < -0.4 is 4.74 Å². The van der Waals surface area contributed by atoms with E-state index >= 15 is 0 Å². The highest BCUT2D eigenvalue weighted by Gasteiger charge is 2.11. The SMILES string of the molecule is Cc1cc(Oc2ncnc3c2cnn3C)cc(C(C)C)c1. The molecule has 0 aliphatic carbocycles. The molecule has 0 bridgehead atoms. The Morgan fingerprint density at radius 1 is 1.14 bits per heavy atom. The minimum absolute atomic E-state index is 0.455. The fourth-order valence-electron chi connectivity index (χ4n) is 2.30. The lowest BCUT2D eigenvalue weighted by molar-refractivity contribution is 0.466. The van der Waals surface area contributed by atoms with Crippen LogP contribution in [0.25, 0.3) is 11.0 Å². The molecule has 0 radical (unpaired) electrons. The highest BCUT2D eigenvalue weighted by Crippen LogP contribution is 2.29. The zero-order valence-corrected chi connectivity index (χ0v) is 12.7. The summed E-state index contributed by atoms with van der Waals surface area (Å²) in [7, 11) is 1.85. The van der Waals surface area contributed by atoms with Gasteiger partial charge in [-0.3, -0.25) is 4.68 Å². The molecule has 0 saturated heterocycles. The maximum atomic E-state index is 5.97. The standard InChI is InChI=1S/C16H18N4O/c1-10(2)12-5-11(3)6-13(7-12)21-16-14-8-19-20(4)15(14)17-9-18-16/h5-10H,1-4H3. The average molecular weight is 282 g/mol. The number of ether oxygens (including phenoxy) is 1. The van der Waals surface area contributed by atoms with Gasteiger partial charge in [0, 0.05) is 7.05 Å². The van der Waals surface area contributed by atoms with Crippen LogP contribution in [0.3, 0.4) is 0 Å². The Labute approximate surface area is 123 Å². The van der Waals surface area contributed by atoms with E-state index in [1.807, 2.05) is 13.1 Å². The Balaban J connectivity index is 2.02. The summed E-state index contributed by atoms with van der Waals surface area (Å²) >= 11 is 0. The zero-order valence-electron chi connectivity index (χ0n) is 12.7. The summed E-state index contributed by atoms with van der Waals surface area (Å²) in [5.74, 6) is 1.78. The van der Waals surface area contributed by atoms with E-state index in [0.29, 0.717) is 11.8 Å². The molecule has 2 aromatic heterocycles. The maximum absolute atomic E-state index is 5.97. The highest BCUT2D eigenvalue weighted by molar-refractivity contribution is 5.79. The number of benzene rings is 1. The van der Waals surface area contributed by atoms with Gasteiger partial charge in [0.1, 0.15) is 17.5 Å². The number of hydrogen-bond acceptors (Lipinski definition) is 4. The molecule has 0 N–H and O–H groups in total. The fraction of sp³-hybridized carbons (Fsp3) is 0.312. The molecule has 2 heterocycles. The predicted molar refractivity (Wildman–Crippen MR) is 81.6 cm³/mol. The van der Waals surface area contributed by atoms with Crippen LogP contribution in [0.2, 0.25) is 0 Å². The molecule has 0 atom stereocenters. The first-order chi connectivity index (χ1) is 10.0. The number of aryl methyl sites for hydroxylation is 2. The van der Waals surface area contributed by atoms with Gasteiger partial charge in [-0.15, -0.1) is 0 Å². The summed E-state index contributed by atoms with van der Waals surface area (Å²) < 4.78 is 7.68. The Morgan fingerprint density at radius 2 is 1.95 bits per heavy atom. The average Bonchev–Trinajstić information content (AvgIpc) is 2.81. The molecular formula is C16H18N4O. The van der Waals surface area contributed by atoms with Gasteiger partial charge < -0.3 is 4.74 Å². The summed E-state index contributed by atoms with van der Waals surface area (Å²) in [5.41, 5.74) is 3.19. The summed E-state index contributed by atoms with van der Waals surface area (Å²) in [6.07, 6.45) is 3.22. The van der Waals surface area contributed by atoms with Crippen LogP contribution in [0.5, 0.6) is 11.6 Å². The molecule has 3 rings (SSSR count). The smallest absolute Gasteiger partial charge is 0.233 e. The molecule has 0 unspecified atom stereocenters. The van der Waals surface area contributed by atoms with Crippen molar-refractivity contribution in [2.45, 2.75) is 26.7 Å². The molecule has 0 spiro atoms. The van der Waals surface area contributed by atoms with Gasteiger partial charge in [-0.2, -0.15) is 5.10 Å². The highest BCUT2D eigenvalue weighted by atomic mass is 16.5. The number of aromatic nitrogens is 4. The molecule has 108 valence electrons. The molecule has 5 heteroatoms. The molecule has 0 saturated carbocycles. The van der Waals surface area contributed by atoms with Gasteiger partial charge in [0.25, 0.3) is 0 Å². The van der Waals surface area contributed by atoms with E-state index in [-0.39, 0.29) is 0 Å². The van der Waals surface area contributed by atoms with Crippen molar-refractivity contribution in [1.29, 1.82) is 0 Å². The van der Waals surface area contributed by atoms with E-state index < -0.39 is 0 Å². The lowest BCUT2D eigenvalue weighted by Gasteiger charge is -2.11. The van der Waals surface area contributed by atoms with Crippen LogP contribution in [0, 0.1) is 6.92 Å². The molecule has 21 heavy (non-hydrogen) atoms. The molecule has 1 aromatic carbocycles. The third-order valence-corrected chi connectivity index (χ3v) is 3.45. The van der Waals surface area contributed by atoms with Crippen molar-refractivity contribution < 1.29 is 4.74 Å². The van der Waals surface area contributed by atoms with Gasteiger partial charge in [-0.1, -0.05) is 19.9 Å². The van der Waals surface area contributed by atoms with Crippen molar-refractivity contribution in [2.75, 3.05) is 0 Å². The van der Waals surface area contributed by atoms with Crippen molar-refractivity contribution in [1.82, 2.24) is 19.7 Å². The second-order valence-electron chi connectivity index (χ2n) is 5.52. The lowest BCUT2D eigenvalue weighted by atomic mass is 10.0. The first-order valence-corrected chi connectivity index (χ1v) is 6.96. The van der Waals surface area contributed by atoms with E-state index in [1.165, 1.54) is 17.5 Å². The molecular weight excluding hydrogens is 264 g/mol. The van der Waals surface area contributed by atoms with E-state index in [2.05, 4.69) is 48.0 Å². The number of rotatable bonds is 3. The first kappa shape index (κ1) is 13.5. The zero-order chi connectivity index (χ0) is 15.0. The third kappa shape index (κ3) is 2.59. The van der Waals surface area contributed by atoms with Crippen LogP contribution in [0.4, 0.5) is 0 Å². The van der Waals surface area contributed by atoms with Crippen LogP contribution in [-0.2, 0) is 7.05 Å². The lowest BCUT2D eigenvalue weighted by Crippen LogP contribution is -1.95. The van der Waals surface area contributed by atoms with Crippen molar-refractivity contribution in [3.05, 3.63) is 41.9 Å². The molecule has 0 amide bonds. The summed E-state index contributed by atoms with van der Waals surface area (Å²) in [5, 5.41) is 5.01. The minimum Gasteiger partial charge on any atom is -0.438 e. The quantitative estimate of drug-likeness (QED) is 0.736. The molecule has 3 aromatic rings. The molecule has 0 aliphatic heterocycles. The van der Waals surface area contributed by atoms with Crippen LogP contribution in [0.1, 0.15) is 30.9 Å². The van der Waals surface area contributed by atoms with Crippen LogP contribution in [-0.4, -0.2) is 19.7 Å². The van der Waals surface area contributed by atoms with Gasteiger partial charge in [0.2, 0.25) is 5.88 Å². The largest absolute Gasteiger partial charge is 0.438 e. The van der Waals surface area contributed by atoms with Gasteiger partial charge >= 0.3 is 0 Å². The third-order valence-electron chi connectivity index (χ3n) is 3.45. The molecule has 5 nitrogen and oxygen atoms in total. The van der Waals surface area contributed by atoms with Gasteiger partial charge in [-0.25, -0.2) is 9.97 Å². The van der Waals surface area contributed by atoms with Crippen LogP contribution in [0.15, 0.2) is 30.7 Å². The Morgan fingerprint density at radius 3 is 2.71 bits per heavy atom. The van der Waals surface area contributed by atoms with Gasteiger partial charge in [-0.05, 0) is 36.1 Å². The van der Waals surface area contributed by atoms with E-state index in [4.69, 9.17) is 4.74 Å². The monoisotopic (exact) mass is 282 g/mol. The summed E-state index contributed by atoms with van der Waals surface area (Å²) in [6, 6.07) is 6.25. The van der Waals surface area contributed by atoms with Crippen molar-refractivity contribution in [3.63, 3.8) is 0 Å². The number of nitrogens with zero attached hydrogens (tertiary/aromatic N) is 4. The summed E-state index contributed by atoms with van der Waals surface area (Å²) in [4.78, 5) is 8.45. The van der Waals surface area contributed by atoms with E-state index in [9.17, 15) is 0 Å².